The molecule has 2 saturated heterocycles. The first kappa shape index (κ1) is 18.4. The molecule has 1 aromatic carbocycles. The Balaban J connectivity index is 1.18. The molecule has 152 valence electrons. The number of nitrogens with zero attached hydrogens (tertiary/aromatic N) is 2. The number of piperidine rings is 1. The van der Waals surface area contributed by atoms with Crippen molar-refractivity contribution in [3.63, 3.8) is 0 Å². The van der Waals surface area contributed by atoms with E-state index in [4.69, 9.17) is 9.47 Å². The largest absolute Gasteiger partial charge is 0.482 e. The monoisotopic (exact) mass is 384 g/mol. The molecule has 28 heavy (non-hydrogen) atoms. The second-order valence-corrected chi connectivity index (χ2v) is 9.32. The highest BCUT2D eigenvalue weighted by Crippen LogP contribution is 2.39. The van der Waals surface area contributed by atoms with E-state index in [0.29, 0.717) is 24.1 Å². The minimum absolute atomic E-state index is 0.0701. The van der Waals surface area contributed by atoms with Crippen LogP contribution in [-0.4, -0.2) is 55.3 Å². The molecule has 5 rings (SSSR count). The van der Waals surface area contributed by atoms with E-state index >= 15 is 0 Å². The van der Waals surface area contributed by atoms with Gasteiger partial charge in [0.1, 0.15) is 5.75 Å². The SMILES string of the molecule is CC(CN1C(=O)COc2ccccc21)CN1[C@@H]2CC[C@H]1C[C@H](OCC1CC1)C2. The zero-order valence-electron chi connectivity index (χ0n) is 16.9. The molecule has 3 aliphatic heterocycles. The maximum Gasteiger partial charge on any atom is 0.265 e. The van der Waals surface area contributed by atoms with Crippen molar-refractivity contribution in [2.45, 2.75) is 63.6 Å². The molecule has 3 heterocycles. The first-order valence-corrected chi connectivity index (χ1v) is 11.1. The number of para-hydroxylation sites is 2. The van der Waals surface area contributed by atoms with Crippen molar-refractivity contribution in [3.8, 4) is 5.75 Å². The summed E-state index contributed by atoms with van der Waals surface area (Å²) < 4.78 is 11.8. The Morgan fingerprint density at radius 3 is 2.61 bits per heavy atom. The van der Waals surface area contributed by atoms with E-state index in [9.17, 15) is 4.79 Å². The molecule has 5 heteroatoms. The topological polar surface area (TPSA) is 42.0 Å². The standard InChI is InChI=1S/C23H32N2O3/c1-16(13-25-21-4-2-3-5-22(21)28-15-23(25)26)12-24-18-8-9-19(24)11-20(10-18)27-14-17-6-7-17/h2-5,16-20H,6-15H2,1H3/t16?,18-,19+,20-. The van der Waals surface area contributed by atoms with Crippen molar-refractivity contribution in [2.75, 3.05) is 31.2 Å². The quantitative estimate of drug-likeness (QED) is 0.722. The maximum atomic E-state index is 12.5. The zero-order valence-corrected chi connectivity index (χ0v) is 16.9. The lowest BCUT2D eigenvalue weighted by molar-refractivity contribution is -0.121. The van der Waals surface area contributed by atoms with Crippen molar-refractivity contribution in [1.29, 1.82) is 0 Å². The molecule has 3 fully saturated rings. The molecule has 1 aliphatic carbocycles. The number of benzene rings is 1. The van der Waals surface area contributed by atoms with Crippen LogP contribution in [0.4, 0.5) is 5.69 Å². The van der Waals surface area contributed by atoms with Crippen LogP contribution in [0.25, 0.3) is 0 Å². The molecule has 1 saturated carbocycles. The van der Waals surface area contributed by atoms with Gasteiger partial charge >= 0.3 is 0 Å². The highest BCUT2D eigenvalue weighted by molar-refractivity contribution is 5.97. The number of hydrogen-bond acceptors (Lipinski definition) is 4. The van der Waals surface area contributed by atoms with Gasteiger partial charge < -0.3 is 14.4 Å². The Morgan fingerprint density at radius 2 is 1.86 bits per heavy atom. The molecule has 1 unspecified atom stereocenters. The molecule has 4 atom stereocenters. The van der Waals surface area contributed by atoms with Crippen LogP contribution >= 0.6 is 0 Å². The van der Waals surface area contributed by atoms with Gasteiger partial charge in [-0.2, -0.15) is 0 Å². The minimum atomic E-state index is 0.0701. The molecule has 1 amide bonds. The first-order chi connectivity index (χ1) is 13.7. The first-order valence-electron chi connectivity index (χ1n) is 11.1. The summed E-state index contributed by atoms with van der Waals surface area (Å²) in [4.78, 5) is 17.1. The molecule has 4 aliphatic rings. The van der Waals surface area contributed by atoms with E-state index in [-0.39, 0.29) is 12.5 Å². The molecular weight excluding hydrogens is 352 g/mol. The molecule has 1 aromatic rings. The van der Waals surface area contributed by atoms with Gasteiger partial charge in [-0.3, -0.25) is 9.69 Å². The summed E-state index contributed by atoms with van der Waals surface area (Å²) in [6.45, 7) is 5.24. The Bertz CT molecular complexity index is 706. The number of fused-ring (bicyclic) bond motifs is 3. The van der Waals surface area contributed by atoms with E-state index in [1.807, 2.05) is 29.2 Å². The van der Waals surface area contributed by atoms with Crippen molar-refractivity contribution in [3.05, 3.63) is 24.3 Å². The minimum Gasteiger partial charge on any atom is -0.482 e. The molecule has 5 nitrogen and oxygen atoms in total. The van der Waals surface area contributed by atoms with E-state index in [1.165, 1.54) is 38.5 Å². The van der Waals surface area contributed by atoms with Gasteiger partial charge in [0.15, 0.2) is 6.61 Å². The second-order valence-electron chi connectivity index (χ2n) is 9.32. The van der Waals surface area contributed by atoms with Crippen LogP contribution in [-0.2, 0) is 9.53 Å². The predicted octanol–water partition coefficient (Wildman–Crippen LogP) is 3.47. The summed E-state index contributed by atoms with van der Waals surface area (Å²) in [6, 6.07) is 9.21. The van der Waals surface area contributed by atoms with Gasteiger partial charge in [0.25, 0.3) is 5.91 Å². The van der Waals surface area contributed by atoms with Gasteiger partial charge in [0.2, 0.25) is 0 Å². The lowest BCUT2D eigenvalue weighted by Crippen LogP contribution is -2.49. The highest BCUT2D eigenvalue weighted by atomic mass is 16.5. The van der Waals surface area contributed by atoms with E-state index in [1.54, 1.807) is 0 Å². The lowest BCUT2D eigenvalue weighted by atomic mass is 9.97. The van der Waals surface area contributed by atoms with Crippen molar-refractivity contribution < 1.29 is 14.3 Å². The van der Waals surface area contributed by atoms with Crippen LogP contribution < -0.4 is 9.64 Å². The predicted molar refractivity (Wildman–Crippen MR) is 109 cm³/mol. The van der Waals surface area contributed by atoms with Crippen LogP contribution in [0.3, 0.4) is 0 Å². The number of amides is 1. The van der Waals surface area contributed by atoms with Gasteiger partial charge in [0, 0.05) is 31.8 Å². The van der Waals surface area contributed by atoms with Gasteiger partial charge in [-0.25, -0.2) is 0 Å². The normalized spacial score (nSPS) is 30.8. The van der Waals surface area contributed by atoms with Crippen LogP contribution in [0.2, 0.25) is 0 Å². The third-order valence-corrected chi connectivity index (χ3v) is 6.93. The summed E-state index contributed by atoms with van der Waals surface area (Å²) in [7, 11) is 0. The zero-order chi connectivity index (χ0) is 19.1. The molecule has 0 spiro atoms. The van der Waals surface area contributed by atoms with Gasteiger partial charge in [-0.1, -0.05) is 19.1 Å². The van der Waals surface area contributed by atoms with Crippen molar-refractivity contribution in [1.82, 2.24) is 4.90 Å². The van der Waals surface area contributed by atoms with Crippen LogP contribution in [0, 0.1) is 11.8 Å². The van der Waals surface area contributed by atoms with Crippen molar-refractivity contribution >= 4 is 11.6 Å². The molecule has 2 bridgehead atoms. The molecular formula is C23H32N2O3. The third kappa shape index (κ3) is 3.79. The molecule has 0 aromatic heterocycles. The molecule has 0 radical (unpaired) electrons. The fraction of sp³-hybridized carbons (Fsp3) is 0.696. The summed E-state index contributed by atoms with van der Waals surface area (Å²) in [5, 5.41) is 0. The number of rotatable bonds is 7. The Hall–Kier alpha value is -1.59. The second kappa shape index (κ2) is 7.68. The lowest BCUT2D eigenvalue weighted by Gasteiger charge is -2.41. The average molecular weight is 385 g/mol. The number of carbonyl (C=O) groups is 1. The van der Waals surface area contributed by atoms with Crippen LogP contribution in [0.15, 0.2) is 24.3 Å². The summed E-state index contributed by atoms with van der Waals surface area (Å²) in [6.07, 6.45) is 8.20. The van der Waals surface area contributed by atoms with E-state index < -0.39 is 0 Å². The number of ether oxygens (including phenoxy) is 2. The smallest absolute Gasteiger partial charge is 0.265 e. The number of carbonyl (C=O) groups excluding carboxylic acids is 1. The van der Waals surface area contributed by atoms with E-state index in [2.05, 4.69) is 11.8 Å². The van der Waals surface area contributed by atoms with E-state index in [0.717, 1.165) is 37.1 Å². The fourth-order valence-corrected chi connectivity index (χ4v) is 5.30. The summed E-state index contributed by atoms with van der Waals surface area (Å²) in [5.41, 5.74) is 0.917. The van der Waals surface area contributed by atoms with Crippen LogP contribution in [0.1, 0.15) is 45.4 Å². The Kier molecular flexibility index (Phi) is 5.06. The van der Waals surface area contributed by atoms with Gasteiger partial charge in [-0.05, 0) is 62.5 Å². The van der Waals surface area contributed by atoms with Crippen LogP contribution in [0.5, 0.6) is 5.75 Å². The Labute approximate surface area is 168 Å². The van der Waals surface area contributed by atoms with Crippen molar-refractivity contribution in [2.24, 2.45) is 11.8 Å². The Morgan fingerprint density at radius 1 is 1.11 bits per heavy atom. The highest BCUT2D eigenvalue weighted by Gasteiger charge is 2.42. The number of anilines is 1. The number of hydrogen-bond donors (Lipinski definition) is 0. The summed E-state index contributed by atoms with van der Waals surface area (Å²) >= 11 is 0. The summed E-state index contributed by atoms with van der Waals surface area (Å²) in [5.74, 6) is 2.18. The van der Waals surface area contributed by atoms with Gasteiger partial charge in [-0.15, -0.1) is 0 Å². The third-order valence-electron chi connectivity index (χ3n) is 6.93. The fourth-order valence-electron chi connectivity index (χ4n) is 5.30. The maximum absolute atomic E-state index is 12.5. The molecule has 0 N–H and O–H groups in total. The average Bonchev–Trinajstić information content (AvgIpc) is 3.49. The van der Waals surface area contributed by atoms with Gasteiger partial charge in [0.05, 0.1) is 11.8 Å².